The SMILES string of the molecule is COc1ccc(Cc2cccc(F)c2)cc1. The van der Waals surface area contributed by atoms with E-state index in [-0.39, 0.29) is 5.82 Å². The number of benzene rings is 2. The lowest BCUT2D eigenvalue weighted by molar-refractivity contribution is 0.414. The van der Waals surface area contributed by atoms with Crippen molar-refractivity contribution in [3.05, 3.63) is 65.5 Å². The van der Waals surface area contributed by atoms with Gasteiger partial charge in [0.1, 0.15) is 11.6 Å². The summed E-state index contributed by atoms with van der Waals surface area (Å²) in [6.45, 7) is 0. The predicted molar refractivity (Wildman–Crippen MR) is 62.2 cm³/mol. The molecule has 0 N–H and O–H groups in total. The second kappa shape index (κ2) is 4.79. The van der Waals surface area contributed by atoms with Gasteiger partial charge in [0.2, 0.25) is 0 Å². The largest absolute Gasteiger partial charge is 0.497 e. The summed E-state index contributed by atoms with van der Waals surface area (Å²) in [5, 5.41) is 0. The molecule has 2 heteroatoms. The van der Waals surface area contributed by atoms with Crippen LogP contribution >= 0.6 is 0 Å². The van der Waals surface area contributed by atoms with E-state index < -0.39 is 0 Å². The van der Waals surface area contributed by atoms with Gasteiger partial charge in [-0.25, -0.2) is 4.39 Å². The number of hydrogen-bond donors (Lipinski definition) is 0. The fraction of sp³-hybridized carbons (Fsp3) is 0.143. The summed E-state index contributed by atoms with van der Waals surface area (Å²) < 4.78 is 18.0. The molecule has 2 aromatic rings. The molecule has 0 amide bonds. The Morgan fingerprint density at radius 2 is 1.75 bits per heavy atom. The maximum Gasteiger partial charge on any atom is 0.123 e. The van der Waals surface area contributed by atoms with Crippen LogP contribution in [-0.2, 0) is 6.42 Å². The van der Waals surface area contributed by atoms with E-state index in [2.05, 4.69) is 0 Å². The van der Waals surface area contributed by atoms with Gasteiger partial charge in [-0.15, -0.1) is 0 Å². The number of halogens is 1. The summed E-state index contributed by atoms with van der Waals surface area (Å²) in [7, 11) is 1.64. The van der Waals surface area contributed by atoms with Gasteiger partial charge in [-0.05, 0) is 41.8 Å². The first-order valence-electron chi connectivity index (χ1n) is 5.15. The normalized spacial score (nSPS) is 10.1. The Morgan fingerprint density at radius 1 is 1.00 bits per heavy atom. The van der Waals surface area contributed by atoms with Crippen LogP contribution in [0, 0.1) is 5.82 Å². The van der Waals surface area contributed by atoms with E-state index >= 15 is 0 Å². The third kappa shape index (κ3) is 2.60. The molecule has 1 nitrogen and oxygen atoms in total. The lowest BCUT2D eigenvalue weighted by Gasteiger charge is -2.04. The summed E-state index contributed by atoms with van der Waals surface area (Å²) in [6, 6.07) is 14.5. The van der Waals surface area contributed by atoms with E-state index in [1.54, 1.807) is 19.2 Å². The van der Waals surface area contributed by atoms with E-state index in [1.807, 2.05) is 30.3 Å². The monoisotopic (exact) mass is 216 g/mol. The van der Waals surface area contributed by atoms with Crippen LogP contribution < -0.4 is 4.74 Å². The number of ether oxygens (including phenoxy) is 1. The molecule has 0 aliphatic rings. The van der Waals surface area contributed by atoms with Gasteiger partial charge >= 0.3 is 0 Å². The molecule has 0 unspecified atom stereocenters. The van der Waals surface area contributed by atoms with Crippen molar-refractivity contribution >= 4 is 0 Å². The Balaban J connectivity index is 2.14. The van der Waals surface area contributed by atoms with Crippen molar-refractivity contribution in [1.82, 2.24) is 0 Å². The summed E-state index contributed by atoms with van der Waals surface area (Å²) in [4.78, 5) is 0. The molecule has 0 aliphatic heterocycles. The Hall–Kier alpha value is -1.83. The average molecular weight is 216 g/mol. The Labute approximate surface area is 94.5 Å². The van der Waals surface area contributed by atoms with Crippen LogP contribution in [-0.4, -0.2) is 7.11 Å². The maximum absolute atomic E-state index is 13.0. The van der Waals surface area contributed by atoms with Crippen molar-refractivity contribution < 1.29 is 9.13 Å². The van der Waals surface area contributed by atoms with Gasteiger partial charge in [0, 0.05) is 0 Å². The maximum atomic E-state index is 13.0. The smallest absolute Gasteiger partial charge is 0.123 e. The number of rotatable bonds is 3. The molecule has 16 heavy (non-hydrogen) atoms. The number of hydrogen-bond acceptors (Lipinski definition) is 1. The summed E-state index contributed by atoms with van der Waals surface area (Å²) >= 11 is 0. The Morgan fingerprint density at radius 3 is 2.38 bits per heavy atom. The van der Waals surface area contributed by atoms with E-state index in [1.165, 1.54) is 6.07 Å². The predicted octanol–water partition coefficient (Wildman–Crippen LogP) is 3.43. The highest BCUT2D eigenvalue weighted by Crippen LogP contribution is 2.15. The van der Waals surface area contributed by atoms with Crippen LogP contribution in [0.2, 0.25) is 0 Å². The van der Waals surface area contributed by atoms with Crippen LogP contribution in [0.15, 0.2) is 48.5 Å². The zero-order chi connectivity index (χ0) is 11.4. The minimum atomic E-state index is -0.189. The molecule has 0 saturated heterocycles. The van der Waals surface area contributed by atoms with Gasteiger partial charge in [-0.1, -0.05) is 24.3 Å². The topological polar surface area (TPSA) is 9.23 Å². The lowest BCUT2D eigenvalue weighted by Crippen LogP contribution is -1.89. The first-order valence-corrected chi connectivity index (χ1v) is 5.15. The van der Waals surface area contributed by atoms with Crippen molar-refractivity contribution in [2.75, 3.05) is 7.11 Å². The lowest BCUT2D eigenvalue weighted by atomic mass is 10.1. The Bertz CT molecular complexity index is 462. The first-order chi connectivity index (χ1) is 7.78. The molecule has 0 spiro atoms. The van der Waals surface area contributed by atoms with Crippen molar-refractivity contribution in [2.24, 2.45) is 0 Å². The molecular weight excluding hydrogens is 203 g/mol. The molecule has 2 aromatic carbocycles. The minimum absolute atomic E-state index is 0.189. The molecule has 0 fully saturated rings. The average Bonchev–Trinajstić information content (AvgIpc) is 2.30. The van der Waals surface area contributed by atoms with E-state index in [0.29, 0.717) is 0 Å². The van der Waals surface area contributed by atoms with Crippen molar-refractivity contribution in [3.63, 3.8) is 0 Å². The molecule has 82 valence electrons. The summed E-state index contributed by atoms with van der Waals surface area (Å²) in [5.41, 5.74) is 2.12. The third-order valence-electron chi connectivity index (χ3n) is 2.46. The van der Waals surface area contributed by atoms with E-state index in [9.17, 15) is 4.39 Å². The van der Waals surface area contributed by atoms with Crippen LogP contribution in [0.3, 0.4) is 0 Å². The fourth-order valence-corrected chi connectivity index (χ4v) is 1.63. The second-order valence-electron chi connectivity index (χ2n) is 3.65. The van der Waals surface area contributed by atoms with Crippen LogP contribution in [0.25, 0.3) is 0 Å². The van der Waals surface area contributed by atoms with Crippen molar-refractivity contribution in [1.29, 1.82) is 0 Å². The van der Waals surface area contributed by atoms with Crippen LogP contribution in [0.1, 0.15) is 11.1 Å². The second-order valence-corrected chi connectivity index (χ2v) is 3.65. The summed E-state index contributed by atoms with van der Waals surface area (Å²) in [5.74, 6) is 0.647. The van der Waals surface area contributed by atoms with Gasteiger partial charge in [-0.2, -0.15) is 0 Å². The van der Waals surface area contributed by atoms with Crippen LogP contribution in [0.4, 0.5) is 4.39 Å². The molecule has 0 aromatic heterocycles. The van der Waals surface area contributed by atoms with Crippen LogP contribution in [0.5, 0.6) is 5.75 Å². The highest BCUT2D eigenvalue weighted by Gasteiger charge is 1.98. The van der Waals surface area contributed by atoms with Crippen molar-refractivity contribution in [3.8, 4) is 5.75 Å². The Kier molecular flexibility index (Phi) is 3.20. The molecule has 0 radical (unpaired) electrons. The van der Waals surface area contributed by atoms with Gasteiger partial charge in [0.25, 0.3) is 0 Å². The summed E-state index contributed by atoms with van der Waals surface area (Å²) in [6.07, 6.45) is 0.738. The molecule has 0 aliphatic carbocycles. The van der Waals surface area contributed by atoms with Gasteiger partial charge in [-0.3, -0.25) is 0 Å². The van der Waals surface area contributed by atoms with Crippen molar-refractivity contribution in [2.45, 2.75) is 6.42 Å². The molecule has 0 bridgehead atoms. The number of methoxy groups -OCH3 is 1. The molecule has 0 saturated carbocycles. The highest BCUT2D eigenvalue weighted by atomic mass is 19.1. The minimum Gasteiger partial charge on any atom is -0.497 e. The van der Waals surface area contributed by atoms with Gasteiger partial charge in [0.05, 0.1) is 7.11 Å². The zero-order valence-corrected chi connectivity index (χ0v) is 9.11. The van der Waals surface area contributed by atoms with Gasteiger partial charge in [0.15, 0.2) is 0 Å². The quantitative estimate of drug-likeness (QED) is 0.763. The molecule has 0 atom stereocenters. The fourth-order valence-electron chi connectivity index (χ4n) is 1.63. The highest BCUT2D eigenvalue weighted by molar-refractivity contribution is 5.31. The first kappa shape index (κ1) is 10.7. The van der Waals surface area contributed by atoms with E-state index in [0.717, 1.165) is 23.3 Å². The van der Waals surface area contributed by atoms with Gasteiger partial charge < -0.3 is 4.74 Å². The standard InChI is InChI=1S/C14H13FO/c1-16-14-7-5-11(6-8-14)9-12-3-2-4-13(15)10-12/h2-8,10H,9H2,1H3. The molecular formula is C14H13FO. The van der Waals surface area contributed by atoms with E-state index in [4.69, 9.17) is 4.74 Å². The molecule has 2 rings (SSSR count). The third-order valence-corrected chi connectivity index (χ3v) is 2.46. The zero-order valence-electron chi connectivity index (χ0n) is 9.11. The molecule has 0 heterocycles.